The predicted molar refractivity (Wildman–Crippen MR) is 74.3 cm³/mol. The quantitative estimate of drug-likeness (QED) is 0.892. The molecule has 0 spiro atoms. The highest BCUT2D eigenvalue weighted by atomic mass is 15.2. The Balaban J connectivity index is 1.82. The van der Waals surface area contributed by atoms with Crippen molar-refractivity contribution in [2.45, 2.75) is 25.4 Å². The molecule has 2 aromatic rings. The van der Waals surface area contributed by atoms with Crippen LogP contribution in [-0.2, 0) is 6.54 Å². The van der Waals surface area contributed by atoms with Crippen LogP contribution < -0.4 is 10.6 Å². The lowest BCUT2D eigenvalue weighted by atomic mass is 10.2. The summed E-state index contributed by atoms with van der Waals surface area (Å²) in [5.41, 5.74) is 8.14. The first-order chi connectivity index (χ1) is 8.83. The topological polar surface area (TPSA) is 42.1 Å². The number of anilines is 2. The largest absolute Gasteiger partial charge is 0.384 e. The van der Waals surface area contributed by atoms with E-state index in [0.29, 0.717) is 11.9 Å². The summed E-state index contributed by atoms with van der Waals surface area (Å²) in [5.74, 6) is 0.578. The molecule has 0 atom stereocenters. The van der Waals surface area contributed by atoms with Crippen LogP contribution in [0.1, 0.15) is 18.4 Å². The van der Waals surface area contributed by atoms with Crippen LogP contribution in [0.15, 0.2) is 48.7 Å². The molecule has 1 fully saturated rings. The summed E-state index contributed by atoms with van der Waals surface area (Å²) in [6.07, 6.45) is 4.42. The molecule has 18 heavy (non-hydrogen) atoms. The van der Waals surface area contributed by atoms with Gasteiger partial charge >= 0.3 is 0 Å². The number of nitrogen functional groups attached to an aromatic ring is 1. The molecule has 1 saturated carbocycles. The maximum Gasteiger partial charge on any atom is 0.123 e. The van der Waals surface area contributed by atoms with Crippen molar-refractivity contribution in [3.05, 3.63) is 54.2 Å². The lowest BCUT2D eigenvalue weighted by Crippen LogP contribution is -2.25. The minimum absolute atomic E-state index is 0.578. The third-order valence-corrected chi connectivity index (χ3v) is 3.29. The molecule has 0 radical (unpaired) electrons. The van der Waals surface area contributed by atoms with Crippen molar-refractivity contribution in [1.29, 1.82) is 0 Å². The van der Waals surface area contributed by atoms with E-state index in [2.05, 4.69) is 46.3 Å². The fraction of sp³-hybridized carbons (Fsp3) is 0.267. The molecular weight excluding hydrogens is 222 g/mol. The van der Waals surface area contributed by atoms with Gasteiger partial charge in [-0.3, -0.25) is 0 Å². The Labute approximate surface area is 107 Å². The monoisotopic (exact) mass is 239 g/mol. The Morgan fingerprint density at radius 1 is 1.11 bits per heavy atom. The Kier molecular flexibility index (Phi) is 2.89. The van der Waals surface area contributed by atoms with Gasteiger partial charge in [-0.05, 0) is 30.5 Å². The van der Waals surface area contributed by atoms with Gasteiger partial charge in [0.25, 0.3) is 0 Å². The third-order valence-electron chi connectivity index (χ3n) is 3.29. The Bertz CT molecular complexity index is 503. The summed E-state index contributed by atoms with van der Waals surface area (Å²) < 4.78 is 0. The number of nitrogens with two attached hydrogens (primary N) is 1. The summed E-state index contributed by atoms with van der Waals surface area (Å²) >= 11 is 0. The first kappa shape index (κ1) is 11.1. The van der Waals surface area contributed by atoms with Gasteiger partial charge in [0.1, 0.15) is 5.82 Å². The Morgan fingerprint density at radius 3 is 2.50 bits per heavy atom. The molecule has 1 aromatic carbocycles. The highest BCUT2D eigenvalue weighted by Gasteiger charge is 2.29. The van der Waals surface area contributed by atoms with Gasteiger partial charge in [-0.2, -0.15) is 0 Å². The minimum Gasteiger partial charge on any atom is -0.384 e. The number of benzene rings is 1. The lowest BCUT2D eigenvalue weighted by molar-refractivity contribution is 0.792. The van der Waals surface area contributed by atoms with E-state index in [1.54, 1.807) is 0 Å². The normalized spacial score (nSPS) is 14.4. The van der Waals surface area contributed by atoms with Gasteiger partial charge in [-0.1, -0.05) is 30.3 Å². The highest BCUT2D eigenvalue weighted by Crippen LogP contribution is 2.32. The van der Waals surface area contributed by atoms with Crippen LogP contribution in [0.5, 0.6) is 0 Å². The number of pyridine rings is 1. The average Bonchev–Trinajstić information content (AvgIpc) is 3.23. The molecule has 2 N–H and O–H groups in total. The molecule has 92 valence electrons. The molecular formula is C15H17N3. The van der Waals surface area contributed by atoms with Gasteiger partial charge in [-0.15, -0.1) is 0 Å². The maximum atomic E-state index is 5.64. The van der Waals surface area contributed by atoms with Crippen LogP contribution in [-0.4, -0.2) is 11.0 Å². The fourth-order valence-electron chi connectivity index (χ4n) is 2.16. The fourth-order valence-corrected chi connectivity index (χ4v) is 2.16. The van der Waals surface area contributed by atoms with Crippen LogP contribution in [0, 0.1) is 0 Å². The van der Waals surface area contributed by atoms with E-state index in [1.165, 1.54) is 18.4 Å². The summed E-state index contributed by atoms with van der Waals surface area (Å²) in [5, 5.41) is 0. The standard InChI is InChI=1S/C15H17N3/c16-15-9-8-14(10-17-15)18(13-6-7-13)11-12-4-2-1-3-5-12/h1-5,8-10,13H,6-7,11H2,(H2,16,17). The molecule has 1 aliphatic rings. The van der Waals surface area contributed by atoms with E-state index in [4.69, 9.17) is 5.73 Å². The van der Waals surface area contributed by atoms with Crippen molar-refractivity contribution >= 4 is 11.5 Å². The molecule has 3 heteroatoms. The Morgan fingerprint density at radius 2 is 1.89 bits per heavy atom. The van der Waals surface area contributed by atoms with Crippen molar-refractivity contribution < 1.29 is 0 Å². The second-order valence-electron chi connectivity index (χ2n) is 4.79. The predicted octanol–water partition coefficient (Wildman–Crippen LogP) is 2.83. The maximum absolute atomic E-state index is 5.64. The van der Waals surface area contributed by atoms with Crippen molar-refractivity contribution in [3.8, 4) is 0 Å². The minimum atomic E-state index is 0.578. The van der Waals surface area contributed by atoms with Crippen LogP contribution in [0.3, 0.4) is 0 Å². The Hall–Kier alpha value is -2.03. The van der Waals surface area contributed by atoms with Crippen LogP contribution in [0.4, 0.5) is 11.5 Å². The number of hydrogen-bond acceptors (Lipinski definition) is 3. The lowest BCUT2D eigenvalue weighted by Gasteiger charge is -2.24. The van der Waals surface area contributed by atoms with Gasteiger partial charge in [0.2, 0.25) is 0 Å². The van der Waals surface area contributed by atoms with Gasteiger partial charge < -0.3 is 10.6 Å². The van der Waals surface area contributed by atoms with E-state index < -0.39 is 0 Å². The summed E-state index contributed by atoms with van der Waals surface area (Å²) in [4.78, 5) is 6.61. The van der Waals surface area contributed by atoms with Gasteiger partial charge in [0.15, 0.2) is 0 Å². The van der Waals surface area contributed by atoms with E-state index in [0.717, 1.165) is 12.2 Å². The van der Waals surface area contributed by atoms with Crippen LogP contribution >= 0.6 is 0 Å². The van der Waals surface area contributed by atoms with Gasteiger partial charge in [0, 0.05) is 12.6 Å². The van der Waals surface area contributed by atoms with Gasteiger partial charge in [0.05, 0.1) is 11.9 Å². The third kappa shape index (κ3) is 2.45. The molecule has 1 aliphatic carbocycles. The molecule has 3 rings (SSSR count). The molecule has 0 unspecified atom stereocenters. The highest BCUT2D eigenvalue weighted by molar-refractivity contribution is 5.50. The van der Waals surface area contributed by atoms with E-state index in [-0.39, 0.29) is 0 Å². The average molecular weight is 239 g/mol. The van der Waals surface area contributed by atoms with E-state index >= 15 is 0 Å². The zero-order valence-electron chi connectivity index (χ0n) is 10.3. The number of rotatable bonds is 4. The molecule has 0 amide bonds. The van der Waals surface area contributed by atoms with Crippen molar-refractivity contribution in [2.75, 3.05) is 10.6 Å². The van der Waals surface area contributed by atoms with Crippen LogP contribution in [0.25, 0.3) is 0 Å². The second kappa shape index (κ2) is 4.69. The first-order valence-electron chi connectivity index (χ1n) is 6.35. The molecule has 0 bridgehead atoms. The second-order valence-corrected chi connectivity index (χ2v) is 4.79. The summed E-state index contributed by atoms with van der Waals surface area (Å²) in [7, 11) is 0. The molecule has 1 heterocycles. The number of nitrogens with zero attached hydrogens (tertiary/aromatic N) is 2. The summed E-state index contributed by atoms with van der Waals surface area (Å²) in [6, 6.07) is 15.1. The molecule has 1 aromatic heterocycles. The molecule has 3 nitrogen and oxygen atoms in total. The van der Waals surface area contributed by atoms with Crippen molar-refractivity contribution in [2.24, 2.45) is 0 Å². The van der Waals surface area contributed by atoms with E-state index in [9.17, 15) is 0 Å². The van der Waals surface area contributed by atoms with E-state index in [1.807, 2.05) is 12.3 Å². The number of aromatic nitrogens is 1. The van der Waals surface area contributed by atoms with Crippen LogP contribution in [0.2, 0.25) is 0 Å². The van der Waals surface area contributed by atoms with Crippen molar-refractivity contribution in [3.63, 3.8) is 0 Å². The number of hydrogen-bond donors (Lipinski definition) is 1. The SMILES string of the molecule is Nc1ccc(N(Cc2ccccc2)C2CC2)cn1. The molecule has 0 aliphatic heterocycles. The van der Waals surface area contributed by atoms with Crippen molar-refractivity contribution in [1.82, 2.24) is 4.98 Å². The zero-order chi connectivity index (χ0) is 12.4. The zero-order valence-corrected chi connectivity index (χ0v) is 10.3. The summed E-state index contributed by atoms with van der Waals surface area (Å²) in [6.45, 7) is 0.942. The van der Waals surface area contributed by atoms with Gasteiger partial charge in [-0.25, -0.2) is 4.98 Å². The smallest absolute Gasteiger partial charge is 0.123 e. The first-order valence-corrected chi connectivity index (χ1v) is 6.35. The molecule has 0 saturated heterocycles.